The second-order valence-corrected chi connectivity index (χ2v) is 6.17. The molecule has 6 heteroatoms. The number of para-hydroxylation sites is 1. The van der Waals surface area contributed by atoms with Crippen molar-refractivity contribution in [2.45, 2.75) is 38.6 Å². The minimum absolute atomic E-state index is 0.0625. The fourth-order valence-electron chi connectivity index (χ4n) is 3.36. The number of carbonyl (C=O) groups is 1. The van der Waals surface area contributed by atoms with Gasteiger partial charge in [0.05, 0.1) is 17.5 Å². The van der Waals surface area contributed by atoms with Gasteiger partial charge in [0.1, 0.15) is 11.5 Å². The highest BCUT2D eigenvalue weighted by molar-refractivity contribution is 5.95. The summed E-state index contributed by atoms with van der Waals surface area (Å²) in [6.45, 7) is 2.54. The van der Waals surface area contributed by atoms with E-state index < -0.39 is 0 Å². The molecule has 0 aliphatic carbocycles. The normalized spacial score (nSPS) is 18.0. The first-order valence-corrected chi connectivity index (χ1v) is 8.35. The first-order chi connectivity index (χ1) is 11.6. The molecule has 0 radical (unpaired) electrons. The van der Waals surface area contributed by atoms with Crippen LogP contribution in [0.5, 0.6) is 0 Å². The van der Waals surface area contributed by atoms with E-state index in [-0.39, 0.29) is 24.4 Å². The number of amides is 1. The summed E-state index contributed by atoms with van der Waals surface area (Å²) in [6.07, 6.45) is 5.05. The van der Waals surface area contributed by atoms with Crippen LogP contribution in [-0.4, -0.2) is 44.9 Å². The van der Waals surface area contributed by atoms with Crippen molar-refractivity contribution in [1.82, 2.24) is 14.7 Å². The first kappa shape index (κ1) is 16.6. The summed E-state index contributed by atoms with van der Waals surface area (Å²) in [7, 11) is 0. The quantitative estimate of drug-likeness (QED) is 0.937. The molecule has 2 aromatic rings. The molecule has 1 unspecified atom stereocenters. The van der Waals surface area contributed by atoms with Crippen molar-refractivity contribution in [2.75, 3.05) is 13.2 Å². The van der Waals surface area contributed by atoms with Crippen LogP contribution in [0.3, 0.4) is 0 Å². The van der Waals surface area contributed by atoms with Crippen LogP contribution in [0, 0.1) is 12.7 Å². The third-order valence-corrected chi connectivity index (χ3v) is 4.67. The molecule has 3 rings (SSSR count). The number of rotatable bonds is 4. The smallest absolute Gasteiger partial charge is 0.257 e. The standard InChI is InChI=1S/C18H22FN3O2/c1-13-15(12-20-22(13)17-8-3-2-7-16(17)19)18(24)21-10-5-4-6-14(21)9-11-23/h2-3,7-8,12,14,23H,4-6,9-11H2,1H3. The second-order valence-electron chi connectivity index (χ2n) is 6.17. The fourth-order valence-corrected chi connectivity index (χ4v) is 3.36. The number of aliphatic hydroxyl groups is 1. The molecule has 1 N–H and O–H groups in total. The first-order valence-electron chi connectivity index (χ1n) is 8.35. The van der Waals surface area contributed by atoms with Crippen LogP contribution in [-0.2, 0) is 0 Å². The molecule has 0 bridgehead atoms. The molecule has 1 saturated heterocycles. The van der Waals surface area contributed by atoms with Gasteiger partial charge in [-0.1, -0.05) is 12.1 Å². The van der Waals surface area contributed by atoms with E-state index in [9.17, 15) is 14.3 Å². The third kappa shape index (κ3) is 3.06. The van der Waals surface area contributed by atoms with E-state index in [0.717, 1.165) is 19.3 Å². The molecule has 128 valence electrons. The zero-order valence-electron chi connectivity index (χ0n) is 13.8. The number of nitrogens with zero attached hydrogens (tertiary/aromatic N) is 3. The van der Waals surface area contributed by atoms with Crippen molar-refractivity contribution in [3.63, 3.8) is 0 Å². The minimum atomic E-state index is -0.376. The lowest BCUT2D eigenvalue weighted by molar-refractivity contribution is 0.0574. The molecular formula is C18H22FN3O2. The Bertz CT molecular complexity index is 727. The number of hydrogen-bond donors (Lipinski definition) is 1. The Kier molecular flexibility index (Phi) is 4.94. The average molecular weight is 331 g/mol. The average Bonchev–Trinajstić information content (AvgIpc) is 2.97. The van der Waals surface area contributed by atoms with Crippen LogP contribution < -0.4 is 0 Å². The molecule has 1 aliphatic heterocycles. The summed E-state index contributed by atoms with van der Waals surface area (Å²) in [5.74, 6) is -0.466. The highest BCUT2D eigenvalue weighted by atomic mass is 19.1. The van der Waals surface area contributed by atoms with Crippen LogP contribution in [0.1, 0.15) is 41.7 Å². The topological polar surface area (TPSA) is 58.4 Å². The summed E-state index contributed by atoms with van der Waals surface area (Å²) in [5, 5.41) is 13.4. The van der Waals surface area contributed by atoms with Gasteiger partial charge < -0.3 is 10.0 Å². The van der Waals surface area contributed by atoms with Gasteiger partial charge in [0.25, 0.3) is 5.91 Å². The Morgan fingerprint density at radius 2 is 2.17 bits per heavy atom. The van der Waals surface area contributed by atoms with Gasteiger partial charge in [-0.05, 0) is 44.7 Å². The Morgan fingerprint density at radius 3 is 2.92 bits per heavy atom. The minimum Gasteiger partial charge on any atom is -0.396 e. The summed E-state index contributed by atoms with van der Waals surface area (Å²) >= 11 is 0. The highest BCUT2D eigenvalue weighted by Gasteiger charge is 2.29. The molecule has 5 nitrogen and oxygen atoms in total. The van der Waals surface area contributed by atoms with Crippen molar-refractivity contribution in [3.05, 3.63) is 47.5 Å². The van der Waals surface area contributed by atoms with Gasteiger partial charge in [-0.2, -0.15) is 5.10 Å². The zero-order chi connectivity index (χ0) is 17.1. The van der Waals surface area contributed by atoms with Gasteiger partial charge in [-0.15, -0.1) is 0 Å². The Labute approximate surface area is 140 Å². The molecular weight excluding hydrogens is 309 g/mol. The van der Waals surface area contributed by atoms with Gasteiger partial charge in [0.2, 0.25) is 0 Å². The van der Waals surface area contributed by atoms with E-state index in [1.165, 1.54) is 16.9 Å². The number of halogens is 1. The number of aliphatic hydroxyl groups excluding tert-OH is 1. The van der Waals surface area contributed by atoms with E-state index in [2.05, 4.69) is 5.10 Å². The van der Waals surface area contributed by atoms with Gasteiger partial charge in [-0.3, -0.25) is 4.79 Å². The Hall–Kier alpha value is -2.21. The molecule has 1 atom stereocenters. The third-order valence-electron chi connectivity index (χ3n) is 4.67. The lowest BCUT2D eigenvalue weighted by Gasteiger charge is -2.35. The van der Waals surface area contributed by atoms with Crippen LogP contribution in [0.15, 0.2) is 30.5 Å². The van der Waals surface area contributed by atoms with Crippen LogP contribution in [0.4, 0.5) is 4.39 Å². The van der Waals surface area contributed by atoms with Gasteiger partial charge >= 0.3 is 0 Å². The molecule has 1 aliphatic rings. The zero-order valence-corrected chi connectivity index (χ0v) is 13.8. The Balaban J connectivity index is 1.90. The number of hydrogen-bond acceptors (Lipinski definition) is 3. The van der Waals surface area contributed by atoms with E-state index in [1.54, 1.807) is 25.1 Å². The summed E-state index contributed by atoms with van der Waals surface area (Å²) in [5.41, 5.74) is 1.45. The van der Waals surface area contributed by atoms with Gasteiger partial charge in [0, 0.05) is 19.2 Å². The van der Waals surface area contributed by atoms with Gasteiger partial charge in [-0.25, -0.2) is 9.07 Å². The van der Waals surface area contributed by atoms with Crippen molar-refractivity contribution in [1.29, 1.82) is 0 Å². The monoisotopic (exact) mass is 331 g/mol. The molecule has 0 spiro atoms. The summed E-state index contributed by atoms with van der Waals surface area (Å²) in [4.78, 5) is 14.8. The highest BCUT2D eigenvalue weighted by Crippen LogP contribution is 2.24. The van der Waals surface area contributed by atoms with Crippen LogP contribution in [0.25, 0.3) is 5.69 Å². The van der Waals surface area contributed by atoms with E-state index in [1.807, 2.05) is 4.90 Å². The van der Waals surface area contributed by atoms with E-state index >= 15 is 0 Å². The second kappa shape index (κ2) is 7.13. The molecule has 24 heavy (non-hydrogen) atoms. The maximum Gasteiger partial charge on any atom is 0.257 e. The molecule has 1 fully saturated rings. The number of carbonyl (C=O) groups excluding carboxylic acids is 1. The van der Waals surface area contributed by atoms with Gasteiger partial charge in [0.15, 0.2) is 0 Å². The van der Waals surface area contributed by atoms with E-state index in [4.69, 9.17) is 0 Å². The number of likely N-dealkylation sites (tertiary alicyclic amines) is 1. The number of aromatic nitrogens is 2. The predicted molar refractivity (Wildman–Crippen MR) is 88.6 cm³/mol. The maximum atomic E-state index is 14.0. The summed E-state index contributed by atoms with van der Waals surface area (Å²) in [6, 6.07) is 6.44. The Morgan fingerprint density at radius 1 is 1.38 bits per heavy atom. The molecule has 1 amide bonds. The lowest BCUT2D eigenvalue weighted by Crippen LogP contribution is -2.44. The predicted octanol–water partition coefficient (Wildman–Crippen LogP) is 2.70. The lowest BCUT2D eigenvalue weighted by atomic mass is 9.98. The fraction of sp³-hybridized carbons (Fsp3) is 0.444. The van der Waals surface area contributed by atoms with Crippen molar-refractivity contribution in [3.8, 4) is 5.69 Å². The van der Waals surface area contributed by atoms with Crippen molar-refractivity contribution >= 4 is 5.91 Å². The van der Waals surface area contributed by atoms with Crippen LogP contribution in [0.2, 0.25) is 0 Å². The number of piperidine rings is 1. The van der Waals surface area contributed by atoms with Crippen molar-refractivity contribution in [2.24, 2.45) is 0 Å². The molecule has 0 saturated carbocycles. The maximum absolute atomic E-state index is 14.0. The molecule has 2 heterocycles. The van der Waals surface area contributed by atoms with E-state index in [0.29, 0.717) is 29.9 Å². The largest absolute Gasteiger partial charge is 0.396 e. The molecule has 1 aromatic heterocycles. The number of benzene rings is 1. The van der Waals surface area contributed by atoms with Crippen LogP contribution >= 0.6 is 0 Å². The van der Waals surface area contributed by atoms with Crippen molar-refractivity contribution < 1.29 is 14.3 Å². The molecule has 1 aromatic carbocycles. The summed E-state index contributed by atoms with van der Waals surface area (Å²) < 4.78 is 15.5. The SMILES string of the molecule is Cc1c(C(=O)N2CCCCC2CCO)cnn1-c1ccccc1F.